The summed E-state index contributed by atoms with van der Waals surface area (Å²) in [7, 11) is 3.04. The smallest absolute Gasteiger partial charge is 0.337 e. The highest BCUT2D eigenvalue weighted by Gasteiger charge is 2.41. The number of hydrogen-bond acceptors (Lipinski definition) is 5. The van der Waals surface area contributed by atoms with Crippen LogP contribution in [0.25, 0.3) is 5.69 Å². The van der Waals surface area contributed by atoms with E-state index in [1.54, 1.807) is 25.4 Å². The molecule has 0 bridgehead atoms. The fourth-order valence-corrected chi connectivity index (χ4v) is 4.88. The zero-order chi connectivity index (χ0) is 25.1. The standard InChI is InChI=1S/C28H26N4O3S/c1-34-22-14-8-19(9-15-22)18-32-26(25(30-28(32)36)23-6-3-4-16-29-23)24-7-5-17-31(24)21-12-10-20(11-13-21)27(33)35-2/h3-17,25-26H,18H2,1-2H3,(H,30,36)/t25-,26+/m0/s1. The lowest BCUT2D eigenvalue weighted by Crippen LogP contribution is -2.30. The molecule has 182 valence electrons. The number of hydrogen-bond donors (Lipinski definition) is 1. The highest BCUT2D eigenvalue weighted by atomic mass is 32.1. The fourth-order valence-electron chi connectivity index (χ4n) is 4.57. The first-order chi connectivity index (χ1) is 17.6. The maximum atomic E-state index is 11.9. The molecule has 1 fully saturated rings. The van der Waals surface area contributed by atoms with Crippen LogP contribution in [0.5, 0.6) is 5.75 Å². The molecule has 2 aromatic heterocycles. The highest BCUT2D eigenvalue weighted by molar-refractivity contribution is 7.80. The van der Waals surface area contributed by atoms with Gasteiger partial charge in [-0.25, -0.2) is 4.79 Å². The Hall–Kier alpha value is -4.17. The van der Waals surface area contributed by atoms with Crippen LogP contribution in [0.3, 0.4) is 0 Å². The second-order valence-electron chi connectivity index (χ2n) is 8.44. The Morgan fingerprint density at radius 3 is 2.44 bits per heavy atom. The number of thiocarbonyl (C=S) groups is 1. The highest BCUT2D eigenvalue weighted by Crippen LogP contribution is 2.40. The molecular weight excluding hydrogens is 472 g/mol. The van der Waals surface area contributed by atoms with E-state index >= 15 is 0 Å². The predicted molar refractivity (Wildman–Crippen MR) is 141 cm³/mol. The van der Waals surface area contributed by atoms with E-state index in [0.717, 1.165) is 28.4 Å². The van der Waals surface area contributed by atoms with Crippen molar-refractivity contribution < 1.29 is 14.3 Å². The Bertz CT molecular complexity index is 1350. The summed E-state index contributed by atoms with van der Waals surface area (Å²) in [6.07, 6.45) is 3.82. The van der Waals surface area contributed by atoms with Crippen LogP contribution < -0.4 is 10.1 Å². The number of methoxy groups -OCH3 is 2. The van der Waals surface area contributed by atoms with Crippen molar-refractivity contribution in [1.29, 1.82) is 0 Å². The number of carbonyl (C=O) groups is 1. The van der Waals surface area contributed by atoms with Gasteiger partial charge in [-0.2, -0.15) is 0 Å². The molecule has 0 amide bonds. The van der Waals surface area contributed by atoms with E-state index in [1.165, 1.54) is 7.11 Å². The van der Waals surface area contributed by atoms with Gasteiger partial charge in [0, 0.05) is 30.3 Å². The van der Waals surface area contributed by atoms with Crippen LogP contribution in [0.2, 0.25) is 0 Å². The first-order valence-corrected chi connectivity index (χ1v) is 12.0. The molecule has 1 aliphatic heterocycles. The largest absolute Gasteiger partial charge is 0.497 e. The number of nitrogens with one attached hydrogen (secondary N) is 1. The minimum Gasteiger partial charge on any atom is -0.497 e. The third-order valence-electron chi connectivity index (χ3n) is 6.36. The molecule has 7 nitrogen and oxygen atoms in total. The molecule has 4 aromatic rings. The maximum Gasteiger partial charge on any atom is 0.337 e. The number of aromatic nitrogens is 2. The summed E-state index contributed by atoms with van der Waals surface area (Å²) in [6.45, 7) is 0.621. The average molecular weight is 499 g/mol. The van der Waals surface area contributed by atoms with Crippen LogP contribution in [-0.4, -0.2) is 39.8 Å². The number of carbonyl (C=O) groups excluding carboxylic acids is 1. The van der Waals surface area contributed by atoms with Crippen LogP contribution in [0.15, 0.2) is 91.3 Å². The van der Waals surface area contributed by atoms with Gasteiger partial charge >= 0.3 is 5.97 Å². The van der Waals surface area contributed by atoms with E-state index in [4.69, 9.17) is 21.7 Å². The van der Waals surface area contributed by atoms with Gasteiger partial charge in [0.15, 0.2) is 5.11 Å². The first-order valence-electron chi connectivity index (χ1n) is 11.6. The van der Waals surface area contributed by atoms with Crippen LogP contribution in [0, 0.1) is 0 Å². The van der Waals surface area contributed by atoms with E-state index in [2.05, 4.69) is 38.0 Å². The molecular formula is C28H26N4O3S. The molecule has 8 heteroatoms. The molecule has 0 saturated carbocycles. The summed E-state index contributed by atoms with van der Waals surface area (Å²) < 4.78 is 12.3. The minimum absolute atomic E-state index is 0.121. The molecule has 2 aromatic carbocycles. The van der Waals surface area contributed by atoms with E-state index < -0.39 is 0 Å². The number of esters is 1. The predicted octanol–water partition coefficient (Wildman–Crippen LogP) is 4.84. The minimum atomic E-state index is -0.361. The molecule has 3 heterocycles. The number of pyridine rings is 1. The Balaban J connectivity index is 1.54. The van der Waals surface area contributed by atoms with Gasteiger partial charge in [-0.05, 0) is 78.4 Å². The summed E-state index contributed by atoms with van der Waals surface area (Å²) in [5.41, 5.74) is 4.52. The van der Waals surface area contributed by atoms with Crippen LogP contribution >= 0.6 is 12.2 Å². The summed E-state index contributed by atoms with van der Waals surface area (Å²) in [4.78, 5) is 18.7. The van der Waals surface area contributed by atoms with Crippen molar-refractivity contribution in [1.82, 2.24) is 19.8 Å². The molecule has 0 unspecified atom stereocenters. The van der Waals surface area contributed by atoms with Crippen molar-refractivity contribution in [2.75, 3.05) is 14.2 Å². The zero-order valence-corrected chi connectivity index (χ0v) is 20.8. The second-order valence-corrected chi connectivity index (χ2v) is 8.83. The van der Waals surface area contributed by atoms with Gasteiger partial charge in [-0.15, -0.1) is 0 Å². The SMILES string of the molecule is COC(=O)c1ccc(-n2cccc2[C@@H]2[C@H](c3ccccn3)NC(=S)N2Cc2ccc(OC)cc2)cc1. The number of rotatable bonds is 7. The Labute approximate surface area is 215 Å². The van der Waals surface area contributed by atoms with Gasteiger partial charge in [0.2, 0.25) is 0 Å². The molecule has 36 heavy (non-hydrogen) atoms. The quantitative estimate of drug-likeness (QED) is 0.289. The summed E-state index contributed by atoms with van der Waals surface area (Å²) in [6, 6.07) is 25.2. The van der Waals surface area contributed by atoms with Gasteiger partial charge < -0.3 is 24.3 Å². The molecule has 5 rings (SSSR count). The Kier molecular flexibility index (Phi) is 6.69. The Morgan fingerprint density at radius 1 is 1.00 bits per heavy atom. The zero-order valence-electron chi connectivity index (χ0n) is 20.0. The van der Waals surface area contributed by atoms with Gasteiger partial charge in [0.25, 0.3) is 0 Å². The van der Waals surface area contributed by atoms with Crippen molar-refractivity contribution in [3.63, 3.8) is 0 Å². The molecule has 0 spiro atoms. The third-order valence-corrected chi connectivity index (χ3v) is 6.71. The molecule has 2 atom stereocenters. The number of benzene rings is 2. The molecule has 1 N–H and O–H groups in total. The lowest BCUT2D eigenvalue weighted by molar-refractivity contribution is 0.0600. The molecule has 0 aliphatic carbocycles. The van der Waals surface area contributed by atoms with Crippen molar-refractivity contribution in [3.05, 3.63) is 114 Å². The molecule has 0 radical (unpaired) electrons. The van der Waals surface area contributed by atoms with Crippen LogP contribution in [-0.2, 0) is 11.3 Å². The van der Waals surface area contributed by atoms with Crippen molar-refractivity contribution in [3.8, 4) is 11.4 Å². The lowest BCUT2D eigenvalue weighted by atomic mass is 10.0. The number of ether oxygens (including phenoxy) is 2. The van der Waals surface area contributed by atoms with E-state index in [1.807, 2.05) is 54.7 Å². The average Bonchev–Trinajstić information content (AvgIpc) is 3.53. The van der Waals surface area contributed by atoms with Crippen LogP contribution in [0.1, 0.15) is 39.4 Å². The summed E-state index contributed by atoms with van der Waals surface area (Å²) in [5, 5.41) is 4.17. The second kappa shape index (κ2) is 10.2. The molecule has 1 saturated heterocycles. The number of nitrogens with zero attached hydrogens (tertiary/aromatic N) is 3. The van der Waals surface area contributed by atoms with E-state index in [-0.39, 0.29) is 18.1 Å². The van der Waals surface area contributed by atoms with Crippen molar-refractivity contribution in [2.24, 2.45) is 0 Å². The fraction of sp³-hybridized carbons (Fsp3) is 0.179. The normalized spacial score (nSPS) is 17.1. The monoisotopic (exact) mass is 498 g/mol. The van der Waals surface area contributed by atoms with Gasteiger partial charge in [-0.1, -0.05) is 18.2 Å². The summed E-state index contributed by atoms with van der Waals surface area (Å²) in [5.74, 6) is 0.452. The lowest BCUT2D eigenvalue weighted by Gasteiger charge is -2.29. The first kappa shape index (κ1) is 23.6. The van der Waals surface area contributed by atoms with Crippen molar-refractivity contribution >= 4 is 23.3 Å². The van der Waals surface area contributed by atoms with E-state index in [0.29, 0.717) is 17.2 Å². The van der Waals surface area contributed by atoms with Crippen molar-refractivity contribution in [2.45, 2.75) is 18.6 Å². The Morgan fingerprint density at radius 2 is 1.78 bits per heavy atom. The van der Waals surface area contributed by atoms with Gasteiger partial charge in [0.05, 0.1) is 37.6 Å². The van der Waals surface area contributed by atoms with Crippen LogP contribution in [0.4, 0.5) is 0 Å². The topological polar surface area (TPSA) is 68.6 Å². The third kappa shape index (κ3) is 4.55. The molecule has 1 aliphatic rings. The summed E-state index contributed by atoms with van der Waals surface area (Å²) >= 11 is 5.84. The van der Waals surface area contributed by atoms with Gasteiger partial charge in [-0.3, -0.25) is 4.98 Å². The van der Waals surface area contributed by atoms with Gasteiger partial charge in [0.1, 0.15) is 5.75 Å². The maximum absolute atomic E-state index is 11.9. The van der Waals surface area contributed by atoms with E-state index in [9.17, 15) is 4.79 Å².